The second-order valence-electron chi connectivity index (χ2n) is 4.20. The molecule has 2 rings (SSSR count). The van der Waals surface area contributed by atoms with Crippen LogP contribution in [0.25, 0.3) is 0 Å². The molecule has 2 heterocycles. The molecule has 0 aromatic carbocycles. The van der Waals surface area contributed by atoms with Crippen LogP contribution in [0.5, 0.6) is 0 Å². The van der Waals surface area contributed by atoms with Crippen LogP contribution < -0.4 is 10.6 Å². The van der Waals surface area contributed by atoms with Crippen molar-refractivity contribution in [2.45, 2.75) is 19.4 Å². The number of nitrogens with two attached hydrogens (primary N) is 1. The van der Waals surface area contributed by atoms with Gasteiger partial charge in [-0.15, -0.1) is 0 Å². The highest BCUT2D eigenvalue weighted by molar-refractivity contribution is 5.55. The van der Waals surface area contributed by atoms with Crippen LogP contribution in [0, 0.1) is 11.3 Å². The van der Waals surface area contributed by atoms with Crippen molar-refractivity contribution in [2.24, 2.45) is 0 Å². The molecule has 0 radical (unpaired) electrons. The van der Waals surface area contributed by atoms with Gasteiger partial charge >= 0.3 is 0 Å². The Kier molecular flexibility index (Phi) is 3.45. The molecule has 1 aliphatic heterocycles. The molecule has 1 aliphatic rings. The standard InChI is InChI=1S/C12H16N4O/c1-9-8-16(5-2-6-17-9)12-4-3-10(14)11(7-13)15-12/h3-4,9H,2,5-6,8,14H2,1H3. The van der Waals surface area contributed by atoms with Crippen molar-refractivity contribution in [1.82, 2.24) is 4.98 Å². The van der Waals surface area contributed by atoms with Crippen molar-refractivity contribution in [2.75, 3.05) is 30.3 Å². The third-order valence-electron chi connectivity index (χ3n) is 2.79. The number of rotatable bonds is 1. The first-order valence-electron chi connectivity index (χ1n) is 5.74. The highest BCUT2D eigenvalue weighted by Gasteiger charge is 2.17. The lowest BCUT2D eigenvalue weighted by Crippen LogP contribution is -2.30. The van der Waals surface area contributed by atoms with Gasteiger partial charge in [0.2, 0.25) is 0 Å². The lowest BCUT2D eigenvalue weighted by molar-refractivity contribution is 0.0820. The molecule has 0 saturated carbocycles. The fourth-order valence-electron chi connectivity index (χ4n) is 1.93. The number of nitriles is 1. The lowest BCUT2D eigenvalue weighted by Gasteiger charge is -2.23. The largest absolute Gasteiger partial charge is 0.396 e. The fraction of sp³-hybridized carbons (Fsp3) is 0.500. The predicted molar refractivity (Wildman–Crippen MR) is 65.6 cm³/mol. The summed E-state index contributed by atoms with van der Waals surface area (Å²) in [6.45, 7) is 4.51. The number of aromatic nitrogens is 1. The molecule has 17 heavy (non-hydrogen) atoms. The maximum Gasteiger partial charge on any atom is 0.165 e. The Labute approximate surface area is 101 Å². The van der Waals surface area contributed by atoms with E-state index in [1.807, 2.05) is 19.1 Å². The first-order valence-corrected chi connectivity index (χ1v) is 5.74. The van der Waals surface area contributed by atoms with Crippen molar-refractivity contribution < 1.29 is 4.74 Å². The van der Waals surface area contributed by atoms with Crippen molar-refractivity contribution in [1.29, 1.82) is 5.26 Å². The monoisotopic (exact) mass is 232 g/mol. The molecule has 1 atom stereocenters. The van der Waals surface area contributed by atoms with Gasteiger partial charge in [-0.1, -0.05) is 0 Å². The molecule has 0 aliphatic carbocycles. The van der Waals surface area contributed by atoms with Gasteiger partial charge in [-0.2, -0.15) is 5.26 Å². The first kappa shape index (κ1) is 11.7. The van der Waals surface area contributed by atoms with E-state index in [0.29, 0.717) is 11.4 Å². The van der Waals surface area contributed by atoms with Crippen molar-refractivity contribution in [3.63, 3.8) is 0 Å². The summed E-state index contributed by atoms with van der Waals surface area (Å²) in [6.07, 6.45) is 1.15. The van der Waals surface area contributed by atoms with E-state index in [-0.39, 0.29) is 6.10 Å². The van der Waals surface area contributed by atoms with Gasteiger partial charge in [0.25, 0.3) is 0 Å². The SMILES string of the molecule is CC1CN(c2ccc(N)c(C#N)n2)CCCO1. The Balaban J connectivity index is 2.24. The maximum absolute atomic E-state index is 8.91. The normalized spacial score (nSPS) is 20.7. The van der Waals surface area contributed by atoms with Gasteiger partial charge in [0, 0.05) is 19.7 Å². The zero-order valence-corrected chi connectivity index (χ0v) is 9.89. The number of nitrogens with zero attached hydrogens (tertiary/aromatic N) is 3. The zero-order valence-electron chi connectivity index (χ0n) is 9.89. The van der Waals surface area contributed by atoms with E-state index in [0.717, 1.165) is 31.9 Å². The minimum atomic E-state index is 0.183. The summed E-state index contributed by atoms with van der Waals surface area (Å²) in [5.41, 5.74) is 6.38. The Morgan fingerprint density at radius 2 is 2.41 bits per heavy atom. The zero-order chi connectivity index (χ0) is 12.3. The molecule has 1 aromatic heterocycles. The van der Waals surface area contributed by atoms with Crippen LogP contribution in [-0.2, 0) is 4.74 Å². The molecule has 1 aromatic rings. The van der Waals surface area contributed by atoms with E-state index < -0.39 is 0 Å². The molecule has 90 valence electrons. The number of ether oxygens (including phenoxy) is 1. The Hall–Kier alpha value is -1.80. The third-order valence-corrected chi connectivity index (χ3v) is 2.79. The molecule has 5 nitrogen and oxygen atoms in total. The molecule has 1 saturated heterocycles. The Bertz CT molecular complexity index is 441. The van der Waals surface area contributed by atoms with E-state index in [9.17, 15) is 0 Å². The Morgan fingerprint density at radius 3 is 3.18 bits per heavy atom. The van der Waals surface area contributed by atoms with Crippen molar-refractivity contribution in [3.8, 4) is 6.07 Å². The molecular weight excluding hydrogens is 216 g/mol. The van der Waals surface area contributed by atoms with Crippen LogP contribution in [0.15, 0.2) is 12.1 Å². The number of hydrogen-bond donors (Lipinski definition) is 1. The van der Waals surface area contributed by atoms with E-state index in [1.54, 1.807) is 6.07 Å². The van der Waals surface area contributed by atoms with Crippen LogP contribution in [0.3, 0.4) is 0 Å². The van der Waals surface area contributed by atoms with E-state index in [4.69, 9.17) is 15.7 Å². The van der Waals surface area contributed by atoms with Gasteiger partial charge in [0.15, 0.2) is 5.69 Å². The molecule has 0 bridgehead atoms. The molecule has 0 amide bonds. The topological polar surface area (TPSA) is 75.2 Å². The van der Waals surface area contributed by atoms with Gasteiger partial charge in [-0.25, -0.2) is 4.98 Å². The fourth-order valence-corrected chi connectivity index (χ4v) is 1.93. The van der Waals surface area contributed by atoms with E-state index in [1.165, 1.54) is 0 Å². The molecule has 0 spiro atoms. The second kappa shape index (κ2) is 5.02. The van der Waals surface area contributed by atoms with Crippen molar-refractivity contribution in [3.05, 3.63) is 17.8 Å². The average Bonchev–Trinajstić information content (AvgIpc) is 2.54. The van der Waals surface area contributed by atoms with Crippen molar-refractivity contribution >= 4 is 11.5 Å². The summed E-state index contributed by atoms with van der Waals surface area (Å²) in [5, 5.41) is 8.91. The maximum atomic E-state index is 8.91. The van der Waals surface area contributed by atoms with E-state index >= 15 is 0 Å². The van der Waals surface area contributed by atoms with Crippen LogP contribution in [0.4, 0.5) is 11.5 Å². The first-order chi connectivity index (χ1) is 8.20. The van der Waals surface area contributed by atoms with Crippen LogP contribution >= 0.6 is 0 Å². The van der Waals surface area contributed by atoms with Crippen LogP contribution in [-0.4, -0.2) is 30.8 Å². The van der Waals surface area contributed by atoms with Gasteiger partial charge in [0.1, 0.15) is 11.9 Å². The molecule has 2 N–H and O–H groups in total. The summed E-state index contributed by atoms with van der Waals surface area (Å²) in [4.78, 5) is 6.41. The van der Waals surface area contributed by atoms with Gasteiger partial charge in [0.05, 0.1) is 11.8 Å². The van der Waals surface area contributed by atoms with Gasteiger partial charge in [-0.05, 0) is 25.5 Å². The summed E-state index contributed by atoms with van der Waals surface area (Å²) in [6, 6.07) is 5.60. The second-order valence-corrected chi connectivity index (χ2v) is 4.20. The molecular formula is C12H16N4O. The Morgan fingerprint density at radius 1 is 1.59 bits per heavy atom. The number of nitrogen functional groups attached to an aromatic ring is 1. The van der Waals surface area contributed by atoms with Crippen LogP contribution in [0.1, 0.15) is 19.0 Å². The van der Waals surface area contributed by atoms with Gasteiger partial charge < -0.3 is 15.4 Å². The average molecular weight is 232 g/mol. The lowest BCUT2D eigenvalue weighted by atomic mass is 10.3. The highest BCUT2D eigenvalue weighted by Crippen LogP contribution is 2.18. The summed E-state index contributed by atoms with van der Waals surface area (Å²) < 4.78 is 5.58. The molecule has 1 unspecified atom stereocenters. The summed E-state index contributed by atoms with van der Waals surface area (Å²) in [5.74, 6) is 0.799. The van der Waals surface area contributed by atoms with E-state index in [2.05, 4.69) is 9.88 Å². The summed E-state index contributed by atoms with van der Waals surface area (Å²) >= 11 is 0. The minimum Gasteiger partial charge on any atom is -0.396 e. The number of hydrogen-bond acceptors (Lipinski definition) is 5. The van der Waals surface area contributed by atoms with Crippen LogP contribution in [0.2, 0.25) is 0 Å². The smallest absolute Gasteiger partial charge is 0.165 e. The summed E-state index contributed by atoms with van der Waals surface area (Å²) in [7, 11) is 0. The number of pyridine rings is 1. The molecule has 1 fully saturated rings. The highest BCUT2D eigenvalue weighted by atomic mass is 16.5. The van der Waals surface area contributed by atoms with Gasteiger partial charge in [-0.3, -0.25) is 0 Å². The predicted octanol–water partition coefficient (Wildman–Crippen LogP) is 1.15. The number of anilines is 2. The minimum absolute atomic E-state index is 0.183. The molecule has 5 heteroatoms. The quantitative estimate of drug-likeness (QED) is 0.786. The third kappa shape index (κ3) is 2.66.